The molecular weight excluding hydrogens is 497 g/mol. The first-order valence-electron chi connectivity index (χ1n) is 12.1. The first-order chi connectivity index (χ1) is 17.5. The summed E-state index contributed by atoms with van der Waals surface area (Å²) in [6, 6.07) is 13.7. The predicted octanol–water partition coefficient (Wildman–Crippen LogP) is 5.08. The first kappa shape index (κ1) is 28.3. The number of benzene rings is 2. The zero-order valence-electron chi connectivity index (χ0n) is 21.1. The van der Waals surface area contributed by atoms with Gasteiger partial charge in [-0.1, -0.05) is 44.2 Å². The number of allylic oxidation sites excluding steroid dienone is 1. The number of aromatic nitrogens is 1. The second kappa shape index (κ2) is 11.9. The summed E-state index contributed by atoms with van der Waals surface area (Å²) < 4.78 is 46.9. The quantitative estimate of drug-likeness (QED) is 0.204. The van der Waals surface area contributed by atoms with Crippen LogP contribution in [0.25, 0.3) is 17.3 Å². The van der Waals surface area contributed by atoms with Gasteiger partial charge < -0.3 is 14.9 Å². The van der Waals surface area contributed by atoms with Crippen molar-refractivity contribution in [1.29, 1.82) is 0 Å². The van der Waals surface area contributed by atoms with E-state index in [-0.39, 0.29) is 30.3 Å². The molecule has 0 amide bonds. The first-order valence-corrected chi connectivity index (χ1v) is 13.5. The standard InChI is InChI=1S/C28H32FNO6S/c1-4-36-27(31)28(32,33)18-10-6-9-13-24-25(20(2)3)19-30(26(24)21-14-16-22(29)17-15-21)37(34,35)23-11-7-5-8-12-23/h5,7-9,11-17,19-20,32-33H,4,6,10,18H2,1-3H3/b13-9+. The highest BCUT2D eigenvalue weighted by Crippen LogP contribution is 2.36. The minimum absolute atomic E-state index is 0.0302. The molecule has 0 unspecified atom stereocenters. The lowest BCUT2D eigenvalue weighted by Crippen LogP contribution is -2.39. The highest BCUT2D eigenvalue weighted by atomic mass is 32.2. The van der Waals surface area contributed by atoms with Crippen LogP contribution in [0.15, 0.2) is 71.8 Å². The molecule has 0 aliphatic rings. The van der Waals surface area contributed by atoms with Crippen molar-refractivity contribution in [2.45, 2.75) is 56.6 Å². The highest BCUT2D eigenvalue weighted by Gasteiger charge is 2.34. The third kappa shape index (κ3) is 6.54. The van der Waals surface area contributed by atoms with Gasteiger partial charge in [0.25, 0.3) is 15.8 Å². The maximum absolute atomic E-state index is 13.7. The van der Waals surface area contributed by atoms with Crippen molar-refractivity contribution in [2.24, 2.45) is 0 Å². The molecule has 37 heavy (non-hydrogen) atoms. The fourth-order valence-corrected chi connectivity index (χ4v) is 5.38. The minimum atomic E-state index is -3.96. The van der Waals surface area contributed by atoms with E-state index in [9.17, 15) is 27.8 Å². The molecule has 1 heterocycles. The van der Waals surface area contributed by atoms with Crippen molar-refractivity contribution in [3.05, 3.63) is 83.8 Å². The summed E-state index contributed by atoms with van der Waals surface area (Å²) in [5.41, 5.74) is 2.36. The van der Waals surface area contributed by atoms with Crippen LogP contribution < -0.4 is 0 Å². The Labute approximate surface area is 216 Å². The Morgan fingerprint density at radius 1 is 1.11 bits per heavy atom. The Morgan fingerprint density at radius 2 is 1.76 bits per heavy atom. The van der Waals surface area contributed by atoms with E-state index in [0.29, 0.717) is 23.2 Å². The van der Waals surface area contributed by atoms with Crippen molar-refractivity contribution in [3.63, 3.8) is 0 Å². The lowest BCUT2D eigenvalue weighted by Gasteiger charge is -2.18. The fourth-order valence-electron chi connectivity index (χ4n) is 3.95. The van der Waals surface area contributed by atoms with Crippen LogP contribution in [-0.2, 0) is 19.6 Å². The number of carbonyl (C=O) groups excluding carboxylic acids is 1. The highest BCUT2D eigenvalue weighted by molar-refractivity contribution is 7.90. The molecule has 0 aliphatic carbocycles. The molecule has 0 aliphatic heterocycles. The zero-order valence-corrected chi connectivity index (χ0v) is 21.9. The largest absolute Gasteiger partial charge is 0.462 e. The molecule has 3 rings (SSSR count). The Hall–Kier alpha value is -3.27. The van der Waals surface area contributed by atoms with Gasteiger partial charge in [-0.05, 0) is 67.6 Å². The van der Waals surface area contributed by atoms with Crippen LogP contribution in [-0.4, -0.2) is 41.0 Å². The Balaban J connectivity index is 2.03. The fraction of sp³-hybridized carbons (Fsp3) is 0.321. The van der Waals surface area contributed by atoms with E-state index in [1.165, 1.54) is 40.4 Å². The molecule has 0 radical (unpaired) electrons. The summed E-state index contributed by atoms with van der Waals surface area (Å²) in [7, 11) is -3.96. The van der Waals surface area contributed by atoms with Crippen LogP contribution in [0.3, 0.4) is 0 Å². The van der Waals surface area contributed by atoms with Gasteiger partial charge in [-0.25, -0.2) is 21.6 Å². The van der Waals surface area contributed by atoms with Crippen LogP contribution in [0, 0.1) is 5.82 Å². The van der Waals surface area contributed by atoms with Gasteiger partial charge in [0.05, 0.1) is 17.2 Å². The number of hydrogen-bond acceptors (Lipinski definition) is 6. The van der Waals surface area contributed by atoms with Crippen molar-refractivity contribution in [2.75, 3.05) is 6.61 Å². The van der Waals surface area contributed by atoms with Crippen LogP contribution in [0.5, 0.6) is 0 Å². The number of ether oxygens (including phenoxy) is 1. The van der Waals surface area contributed by atoms with Crippen molar-refractivity contribution in [1.82, 2.24) is 3.97 Å². The summed E-state index contributed by atoms with van der Waals surface area (Å²) in [6.45, 7) is 5.51. The predicted molar refractivity (Wildman–Crippen MR) is 140 cm³/mol. The van der Waals surface area contributed by atoms with Crippen molar-refractivity contribution in [3.8, 4) is 11.3 Å². The average molecular weight is 530 g/mol. The molecule has 1 aromatic heterocycles. The van der Waals surface area contributed by atoms with Gasteiger partial charge in [0, 0.05) is 23.7 Å². The number of halogens is 1. The SMILES string of the molecule is CCOC(=O)C(O)(O)CCC/C=C/c1c(C(C)C)cn(S(=O)(=O)c2ccccc2)c1-c1ccc(F)cc1. The molecule has 0 saturated carbocycles. The molecule has 0 saturated heterocycles. The molecular formula is C28H32FNO6S. The summed E-state index contributed by atoms with van der Waals surface area (Å²) in [6.07, 6.45) is 5.61. The van der Waals surface area contributed by atoms with E-state index >= 15 is 0 Å². The van der Waals surface area contributed by atoms with Gasteiger partial charge in [-0.3, -0.25) is 0 Å². The van der Waals surface area contributed by atoms with Crippen LogP contribution >= 0.6 is 0 Å². The molecule has 0 fully saturated rings. The molecule has 198 valence electrons. The summed E-state index contributed by atoms with van der Waals surface area (Å²) >= 11 is 0. The van der Waals surface area contributed by atoms with E-state index in [0.717, 1.165) is 5.56 Å². The van der Waals surface area contributed by atoms with Crippen LogP contribution in [0.4, 0.5) is 4.39 Å². The van der Waals surface area contributed by atoms with Gasteiger partial charge >= 0.3 is 5.97 Å². The van der Waals surface area contributed by atoms with Gasteiger partial charge in [0.15, 0.2) is 0 Å². The minimum Gasteiger partial charge on any atom is -0.462 e. The number of hydrogen-bond donors (Lipinski definition) is 2. The Bertz CT molecular complexity index is 1340. The average Bonchev–Trinajstić information content (AvgIpc) is 3.25. The molecule has 2 aromatic carbocycles. The number of aliphatic hydroxyl groups is 2. The normalized spacial score (nSPS) is 12.4. The molecule has 9 heteroatoms. The van der Waals surface area contributed by atoms with E-state index in [2.05, 4.69) is 4.74 Å². The summed E-state index contributed by atoms with van der Waals surface area (Å²) in [5.74, 6) is -4.13. The lowest BCUT2D eigenvalue weighted by molar-refractivity contribution is -0.211. The number of esters is 1. The van der Waals surface area contributed by atoms with Crippen LogP contribution in [0.1, 0.15) is 57.1 Å². The third-order valence-corrected chi connectivity index (χ3v) is 7.54. The second-order valence-corrected chi connectivity index (χ2v) is 10.8. The number of carbonyl (C=O) groups is 1. The molecule has 3 aromatic rings. The maximum Gasteiger partial charge on any atom is 0.366 e. The van der Waals surface area contributed by atoms with Gasteiger partial charge in [0.1, 0.15) is 5.82 Å². The van der Waals surface area contributed by atoms with Gasteiger partial charge in [-0.2, -0.15) is 0 Å². The van der Waals surface area contributed by atoms with E-state index in [1.807, 2.05) is 13.8 Å². The number of rotatable bonds is 11. The lowest BCUT2D eigenvalue weighted by atomic mass is 9.97. The second-order valence-electron chi connectivity index (χ2n) is 8.95. The number of nitrogens with zero attached hydrogens (tertiary/aromatic N) is 1. The van der Waals surface area contributed by atoms with Crippen molar-refractivity contribution >= 4 is 22.1 Å². The monoisotopic (exact) mass is 529 g/mol. The van der Waals surface area contributed by atoms with E-state index < -0.39 is 27.6 Å². The third-order valence-electron chi connectivity index (χ3n) is 5.87. The Kier molecular flexibility index (Phi) is 9.07. The van der Waals surface area contributed by atoms with E-state index in [1.54, 1.807) is 43.5 Å². The summed E-state index contributed by atoms with van der Waals surface area (Å²) in [5, 5.41) is 19.8. The topological polar surface area (TPSA) is 106 Å². The van der Waals surface area contributed by atoms with E-state index in [4.69, 9.17) is 0 Å². The summed E-state index contributed by atoms with van der Waals surface area (Å²) in [4.78, 5) is 11.8. The van der Waals surface area contributed by atoms with Gasteiger partial charge in [0.2, 0.25) is 0 Å². The molecule has 2 N–H and O–H groups in total. The number of unbranched alkanes of at least 4 members (excludes halogenated alkanes) is 1. The van der Waals surface area contributed by atoms with Crippen LogP contribution in [0.2, 0.25) is 0 Å². The molecule has 0 spiro atoms. The molecule has 0 bridgehead atoms. The zero-order chi connectivity index (χ0) is 27.2. The van der Waals surface area contributed by atoms with Gasteiger partial charge in [-0.15, -0.1) is 0 Å². The molecule has 7 nitrogen and oxygen atoms in total. The Morgan fingerprint density at radius 3 is 2.35 bits per heavy atom. The van der Waals surface area contributed by atoms with Crippen molar-refractivity contribution < 1.29 is 32.6 Å². The molecule has 0 atom stereocenters. The maximum atomic E-state index is 13.7. The smallest absolute Gasteiger partial charge is 0.366 e.